The summed E-state index contributed by atoms with van der Waals surface area (Å²) in [5.74, 6) is 0.814. The molecule has 2 heterocycles. The number of likely N-dealkylation sites (N-methyl/N-ethyl adjacent to an activating group) is 1. The largest absolute Gasteiger partial charge is 0.376 e. The van der Waals surface area contributed by atoms with Crippen molar-refractivity contribution >= 4 is 5.91 Å². The standard InChI is InChI=1S/C13H24N2O3/c1-15(7-4-11-2-5-14-6-3-11)13(16)12-10-17-8-9-18-12/h11-12,14H,2-10H2,1H3. The van der Waals surface area contributed by atoms with Gasteiger partial charge in [-0.05, 0) is 38.3 Å². The lowest BCUT2D eigenvalue weighted by molar-refractivity contribution is -0.156. The van der Waals surface area contributed by atoms with Crippen LogP contribution < -0.4 is 5.32 Å². The first-order valence-electron chi connectivity index (χ1n) is 6.92. The third kappa shape index (κ3) is 3.93. The number of hydrogen-bond donors (Lipinski definition) is 1. The summed E-state index contributed by atoms with van der Waals surface area (Å²) >= 11 is 0. The molecule has 1 N–H and O–H groups in total. The maximum atomic E-state index is 12.1. The molecule has 5 heteroatoms. The molecule has 0 aromatic carbocycles. The van der Waals surface area contributed by atoms with E-state index in [0.717, 1.165) is 32.0 Å². The van der Waals surface area contributed by atoms with Crippen molar-refractivity contribution in [1.29, 1.82) is 0 Å². The van der Waals surface area contributed by atoms with Gasteiger partial charge in [-0.15, -0.1) is 0 Å². The molecular weight excluding hydrogens is 232 g/mol. The number of ether oxygens (including phenoxy) is 2. The monoisotopic (exact) mass is 256 g/mol. The van der Waals surface area contributed by atoms with Crippen LogP contribution in [0.25, 0.3) is 0 Å². The third-order valence-corrected chi connectivity index (χ3v) is 3.80. The summed E-state index contributed by atoms with van der Waals surface area (Å²) in [4.78, 5) is 13.9. The molecule has 1 unspecified atom stereocenters. The highest BCUT2D eigenvalue weighted by Gasteiger charge is 2.26. The third-order valence-electron chi connectivity index (χ3n) is 3.80. The van der Waals surface area contributed by atoms with Gasteiger partial charge in [0.25, 0.3) is 5.91 Å². The molecule has 2 saturated heterocycles. The SMILES string of the molecule is CN(CCC1CCNCC1)C(=O)C1COCCO1. The molecule has 2 rings (SSSR count). The summed E-state index contributed by atoms with van der Waals surface area (Å²) in [6.07, 6.45) is 3.16. The van der Waals surface area contributed by atoms with Gasteiger partial charge in [0.05, 0.1) is 19.8 Å². The van der Waals surface area contributed by atoms with Gasteiger partial charge in [-0.1, -0.05) is 0 Å². The maximum absolute atomic E-state index is 12.1. The minimum Gasteiger partial charge on any atom is -0.376 e. The lowest BCUT2D eigenvalue weighted by atomic mass is 9.94. The van der Waals surface area contributed by atoms with Crippen LogP contribution in [0.2, 0.25) is 0 Å². The molecule has 2 aliphatic heterocycles. The van der Waals surface area contributed by atoms with E-state index in [1.165, 1.54) is 12.8 Å². The van der Waals surface area contributed by atoms with Gasteiger partial charge in [0.1, 0.15) is 0 Å². The molecular formula is C13H24N2O3. The summed E-state index contributed by atoms with van der Waals surface area (Å²) in [5, 5.41) is 3.36. The highest BCUT2D eigenvalue weighted by molar-refractivity contribution is 5.80. The van der Waals surface area contributed by atoms with Gasteiger partial charge in [-0.25, -0.2) is 0 Å². The molecule has 0 radical (unpaired) electrons. The Kier molecular flexibility index (Phi) is 5.41. The van der Waals surface area contributed by atoms with Gasteiger partial charge < -0.3 is 19.7 Å². The van der Waals surface area contributed by atoms with E-state index in [4.69, 9.17) is 9.47 Å². The van der Waals surface area contributed by atoms with Crippen molar-refractivity contribution in [3.8, 4) is 0 Å². The fourth-order valence-corrected chi connectivity index (χ4v) is 2.53. The Morgan fingerprint density at radius 1 is 1.33 bits per heavy atom. The van der Waals surface area contributed by atoms with Crippen LogP contribution >= 0.6 is 0 Å². The second kappa shape index (κ2) is 7.07. The topological polar surface area (TPSA) is 50.8 Å². The average molecular weight is 256 g/mol. The second-order valence-electron chi connectivity index (χ2n) is 5.18. The normalized spacial score (nSPS) is 25.9. The minimum absolute atomic E-state index is 0.0589. The number of nitrogens with zero attached hydrogens (tertiary/aromatic N) is 1. The summed E-state index contributed by atoms with van der Waals surface area (Å²) < 4.78 is 10.7. The zero-order chi connectivity index (χ0) is 12.8. The van der Waals surface area contributed by atoms with Gasteiger partial charge in [0.2, 0.25) is 0 Å². The van der Waals surface area contributed by atoms with Crippen LogP contribution in [-0.2, 0) is 14.3 Å². The lowest BCUT2D eigenvalue weighted by Gasteiger charge is -2.29. The van der Waals surface area contributed by atoms with Gasteiger partial charge in [-0.3, -0.25) is 4.79 Å². The number of piperidine rings is 1. The quantitative estimate of drug-likeness (QED) is 0.783. The smallest absolute Gasteiger partial charge is 0.253 e. The zero-order valence-corrected chi connectivity index (χ0v) is 11.2. The molecule has 1 amide bonds. The lowest BCUT2D eigenvalue weighted by Crippen LogP contribution is -2.44. The molecule has 1 atom stereocenters. The minimum atomic E-state index is -0.392. The Bertz CT molecular complexity index is 261. The molecule has 2 fully saturated rings. The molecule has 0 aromatic rings. The predicted octanol–water partition coefficient (Wildman–Crippen LogP) is 0.250. The molecule has 0 aliphatic carbocycles. The van der Waals surface area contributed by atoms with Crippen molar-refractivity contribution < 1.29 is 14.3 Å². The zero-order valence-electron chi connectivity index (χ0n) is 11.2. The van der Waals surface area contributed by atoms with Crippen molar-refractivity contribution in [2.45, 2.75) is 25.4 Å². The molecule has 2 aliphatic rings. The Morgan fingerprint density at radius 3 is 2.78 bits per heavy atom. The Hall–Kier alpha value is -0.650. The fraction of sp³-hybridized carbons (Fsp3) is 0.923. The number of rotatable bonds is 4. The first kappa shape index (κ1) is 13.8. The number of amides is 1. The first-order chi connectivity index (χ1) is 8.77. The van der Waals surface area contributed by atoms with Crippen LogP contribution in [0.1, 0.15) is 19.3 Å². The fourth-order valence-electron chi connectivity index (χ4n) is 2.53. The molecule has 5 nitrogen and oxygen atoms in total. The van der Waals surface area contributed by atoms with Crippen molar-refractivity contribution in [3.63, 3.8) is 0 Å². The summed E-state index contributed by atoms with van der Waals surface area (Å²) in [7, 11) is 1.86. The van der Waals surface area contributed by atoms with Crippen LogP contribution in [-0.4, -0.2) is 63.4 Å². The van der Waals surface area contributed by atoms with E-state index in [2.05, 4.69) is 5.32 Å². The van der Waals surface area contributed by atoms with E-state index in [9.17, 15) is 4.79 Å². The Balaban J connectivity index is 1.69. The molecule has 0 bridgehead atoms. The Labute approximate surface area is 109 Å². The van der Waals surface area contributed by atoms with Crippen LogP contribution in [0.5, 0.6) is 0 Å². The maximum Gasteiger partial charge on any atom is 0.253 e. The van der Waals surface area contributed by atoms with Gasteiger partial charge in [0.15, 0.2) is 6.10 Å². The molecule has 0 aromatic heterocycles. The number of nitrogens with one attached hydrogen (secondary N) is 1. The van der Waals surface area contributed by atoms with E-state index in [0.29, 0.717) is 19.8 Å². The van der Waals surface area contributed by atoms with Crippen molar-refractivity contribution in [2.24, 2.45) is 5.92 Å². The van der Waals surface area contributed by atoms with E-state index < -0.39 is 6.10 Å². The predicted molar refractivity (Wildman–Crippen MR) is 68.4 cm³/mol. The van der Waals surface area contributed by atoms with Gasteiger partial charge >= 0.3 is 0 Å². The average Bonchev–Trinajstić information content (AvgIpc) is 2.46. The van der Waals surface area contributed by atoms with Crippen LogP contribution in [0, 0.1) is 5.92 Å². The van der Waals surface area contributed by atoms with E-state index in [1.807, 2.05) is 7.05 Å². The van der Waals surface area contributed by atoms with Crippen molar-refractivity contribution in [3.05, 3.63) is 0 Å². The van der Waals surface area contributed by atoms with E-state index >= 15 is 0 Å². The van der Waals surface area contributed by atoms with Crippen LogP contribution in [0.3, 0.4) is 0 Å². The van der Waals surface area contributed by atoms with Crippen LogP contribution in [0.15, 0.2) is 0 Å². The van der Waals surface area contributed by atoms with Gasteiger partial charge in [-0.2, -0.15) is 0 Å². The molecule has 104 valence electrons. The Morgan fingerprint density at radius 2 is 2.11 bits per heavy atom. The van der Waals surface area contributed by atoms with Crippen molar-refractivity contribution in [2.75, 3.05) is 46.5 Å². The number of carbonyl (C=O) groups excluding carboxylic acids is 1. The summed E-state index contributed by atoms with van der Waals surface area (Å²) in [6.45, 7) is 4.57. The first-order valence-corrected chi connectivity index (χ1v) is 6.92. The highest BCUT2D eigenvalue weighted by Crippen LogP contribution is 2.16. The summed E-state index contributed by atoms with van der Waals surface area (Å²) in [5.41, 5.74) is 0. The number of hydrogen-bond acceptors (Lipinski definition) is 4. The summed E-state index contributed by atoms with van der Waals surface area (Å²) in [6, 6.07) is 0. The molecule has 0 saturated carbocycles. The number of carbonyl (C=O) groups is 1. The van der Waals surface area contributed by atoms with Gasteiger partial charge in [0, 0.05) is 13.6 Å². The highest BCUT2D eigenvalue weighted by atomic mass is 16.6. The van der Waals surface area contributed by atoms with Crippen LogP contribution in [0.4, 0.5) is 0 Å². The van der Waals surface area contributed by atoms with E-state index in [-0.39, 0.29) is 5.91 Å². The van der Waals surface area contributed by atoms with Crippen molar-refractivity contribution in [1.82, 2.24) is 10.2 Å². The molecule has 18 heavy (non-hydrogen) atoms. The second-order valence-corrected chi connectivity index (χ2v) is 5.18. The van der Waals surface area contributed by atoms with E-state index in [1.54, 1.807) is 4.90 Å². The molecule has 0 spiro atoms.